The van der Waals surface area contributed by atoms with Crippen LogP contribution in [0.1, 0.15) is 38.3 Å². The van der Waals surface area contributed by atoms with Gasteiger partial charge in [0.2, 0.25) is 11.8 Å². The van der Waals surface area contributed by atoms with Gasteiger partial charge in [-0.1, -0.05) is 30.3 Å². The van der Waals surface area contributed by atoms with E-state index in [0.29, 0.717) is 18.0 Å². The number of nitrogens with one attached hydrogen (secondary N) is 3. The van der Waals surface area contributed by atoms with Gasteiger partial charge in [0, 0.05) is 36.8 Å². The van der Waals surface area contributed by atoms with Crippen molar-refractivity contribution in [1.82, 2.24) is 10.6 Å². The molecule has 0 aromatic heterocycles. The van der Waals surface area contributed by atoms with Crippen LogP contribution in [0.25, 0.3) is 6.08 Å². The fraction of sp³-hybridized carbons (Fsp3) is 0.320. The molecule has 2 aromatic rings. The first-order chi connectivity index (χ1) is 15.7. The first-order valence-electron chi connectivity index (χ1n) is 10.6. The van der Waals surface area contributed by atoms with Gasteiger partial charge in [0.15, 0.2) is 0 Å². The zero-order valence-corrected chi connectivity index (χ0v) is 19.4. The number of amides is 3. The third-order valence-electron chi connectivity index (χ3n) is 4.25. The number of hydrogen-bond donors (Lipinski definition) is 3. The average molecular weight is 454 g/mol. The first-order valence-corrected chi connectivity index (χ1v) is 10.6. The molecule has 0 spiro atoms. The molecule has 8 nitrogen and oxygen atoms in total. The highest BCUT2D eigenvalue weighted by molar-refractivity contribution is 5.92. The molecule has 3 amide bonds. The molecule has 176 valence electrons. The number of benzene rings is 2. The summed E-state index contributed by atoms with van der Waals surface area (Å²) in [6, 6.07) is 14.6. The lowest BCUT2D eigenvalue weighted by atomic mass is 10.2. The molecule has 0 aliphatic rings. The van der Waals surface area contributed by atoms with Gasteiger partial charge in [-0.25, -0.2) is 4.79 Å². The Morgan fingerprint density at radius 2 is 1.76 bits per heavy atom. The predicted molar refractivity (Wildman–Crippen MR) is 128 cm³/mol. The third kappa shape index (κ3) is 9.90. The number of para-hydroxylation sites is 1. The number of anilines is 1. The van der Waals surface area contributed by atoms with Crippen LogP contribution in [0.15, 0.2) is 54.6 Å². The summed E-state index contributed by atoms with van der Waals surface area (Å²) in [5.74, 6) is 0.196. The quantitative estimate of drug-likeness (QED) is 0.500. The smallest absolute Gasteiger partial charge is 0.407 e. The van der Waals surface area contributed by atoms with Gasteiger partial charge >= 0.3 is 6.09 Å². The van der Waals surface area contributed by atoms with Crippen molar-refractivity contribution in [3.8, 4) is 5.75 Å². The van der Waals surface area contributed by atoms with E-state index in [1.807, 2.05) is 30.3 Å². The summed E-state index contributed by atoms with van der Waals surface area (Å²) in [6.45, 7) is 5.77. The summed E-state index contributed by atoms with van der Waals surface area (Å²) in [5, 5.41) is 8.14. The zero-order valence-electron chi connectivity index (χ0n) is 19.4. The largest absolute Gasteiger partial charge is 0.496 e. The first kappa shape index (κ1) is 25.5. The maximum absolute atomic E-state index is 12.2. The topological polar surface area (TPSA) is 106 Å². The molecule has 0 atom stereocenters. The van der Waals surface area contributed by atoms with Crippen molar-refractivity contribution < 1.29 is 23.9 Å². The SMILES string of the molecule is COc1ccccc1/C=C/C(=O)NCc1cccc(NC(=O)CCNC(=O)OC(C)(C)C)c1. The minimum Gasteiger partial charge on any atom is -0.496 e. The van der Waals surface area contributed by atoms with Crippen LogP contribution in [-0.2, 0) is 20.9 Å². The molecule has 0 aliphatic heterocycles. The molecule has 3 N–H and O–H groups in total. The van der Waals surface area contributed by atoms with E-state index in [1.54, 1.807) is 52.2 Å². The maximum Gasteiger partial charge on any atom is 0.407 e. The number of methoxy groups -OCH3 is 1. The van der Waals surface area contributed by atoms with Crippen LogP contribution >= 0.6 is 0 Å². The second kappa shape index (κ2) is 12.3. The monoisotopic (exact) mass is 453 g/mol. The van der Waals surface area contributed by atoms with E-state index in [1.165, 1.54) is 6.08 Å². The molecule has 0 fully saturated rings. The van der Waals surface area contributed by atoms with Gasteiger partial charge in [0.05, 0.1) is 7.11 Å². The van der Waals surface area contributed by atoms with Gasteiger partial charge in [0.25, 0.3) is 0 Å². The van der Waals surface area contributed by atoms with E-state index in [9.17, 15) is 14.4 Å². The average Bonchev–Trinajstić information content (AvgIpc) is 2.75. The Kier molecular flexibility index (Phi) is 9.47. The van der Waals surface area contributed by atoms with Gasteiger partial charge in [-0.2, -0.15) is 0 Å². The van der Waals surface area contributed by atoms with E-state index in [-0.39, 0.29) is 24.8 Å². The molecule has 0 aliphatic carbocycles. The summed E-state index contributed by atoms with van der Waals surface area (Å²) in [7, 11) is 1.58. The van der Waals surface area contributed by atoms with Crippen molar-refractivity contribution >= 4 is 29.7 Å². The number of rotatable bonds is 9. The minimum atomic E-state index is -0.591. The van der Waals surface area contributed by atoms with Crippen molar-refractivity contribution in [2.75, 3.05) is 19.0 Å². The molecular weight excluding hydrogens is 422 g/mol. The number of alkyl carbamates (subject to hydrolysis) is 1. The zero-order chi connectivity index (χ0) is 24.3. The molecule has 0 unspecified atom stereocenters. The van der Waals surface area contributed by atoms with Gasteiger partial charge in [-0.3, -0.25) is 9.59 Å². The van der Waals surface area contributed by atoms with Crippen LogP contribution in [0.2, 0.25) is 0 Å². The van der Waals surface area contributed by atoms with Crippen molar-refractivity contribution in [3.05, 3.63) is 65.7 Å². The lowest BCUT2D eigenvalue weighted by molar-refractivity contribution is -0.117. The molecule has 0 radical (unpaired) electrons. The second-order valence-corrected chi connectivity index (χ2v) is 8.22. The van der Waals surface area contributed by atoms with Gasteiger partial charge in [-0.05, 0) is 50.6 Å². The third-order valence-corrected chi connectivity index (χ3v) is 4.25. The summed E-state index contributed by atoms with van der Waals surface area (Å²) in [6.07, 6.45) is 2.68. The van der Waals surface area contributed by atoms with Crippen LogP contribution in [0.5, 0.6) is 5.75 Å². The lowest BCUT2D eigenvalue weighted by Crippen LogP contribution is -2.34. The van der Waals surface area contributed by atoms with Crippen molar-refractivity contribution in [1.29, 1.82) is 0 Å². The van der Waals surface area contributed by atoms with Crippen molar-refractivity contribution in [3.63, 3.8) is 0 Å². The molecule has 0 bridgehead atoms. The van der Waals surface area contributed by atoms with Crippen LogP contribution in [-0.4, -0.2) is 37.2 Å². The highest BCUT2D eigenvalue weighted by Gasteiger charge is 2.15. The van der Waals surface area contributed by atoms with Gasteiger partial charge < -0.3 is 25.4 Å². The molecule has 0 saturated heterocycles. The van der Waals surface area contributed by atoms with Crippen LogP contribution in [0, 0.1) is 0 Å². The van der Waals surface area contributed by atoms with Crippen LogP contribution in [0.4, 0.5) is 10.5 Å². The Hall–Kier alpha value is -3.81. The van der Waals surface area contributed by atoms with E-state index in [4.69, 9.17) is 9.47 Å². The summed E-state index contributed by atoms with van der Waals surface area (Å²) in [5.41, 5.74) is 1.65. The Morgan fingerprint density at radius 1 is 1.00 bits per heavy atom. The Bertz CT molecular complexity index is 996. The maximum atomic E-state index is 12.2. The molecule has 0 saturated carbocycles. The van der Waals surface area contributed by atoms with Crippen LogP contribution in [0.3, 0.4) is 0 Å². The second-order valence-electron chi connectivity index (χ2n) is 8.22. The Labute approximate surface area is 194 Å². The highest BCUT2D eigenvalue weighted by Crippen LogP contribution is 2.18. The lowest BCUT2D eigenvalue weighted by Gasteiger charge is -2.19. The fourth-order valence-electron chi connectivity index (χ4n) is 2.79. The van der Waals surface area contributed by atoms with Crippen LogP contribution < -0.4 is 20.7 Å². The van der Waals surface area contributed by atoms with E-state index in [2.05, 4.69) is 16.0 Å². The molecular formula is C25H31N3O5. The minimum absolute atomic E-state index is 0.105. The standard InChI is InChI=1S/C25H31N3O5/c1-25(2,3)33-24(31)26-15-14-23(30)28-20-10-7-8-18(16-20)17-27-22(29)13-12-19-9-5-6-11-21(19)32-4/h5-13,16H,14-15,17H2,1-4H3,(H,26,31)(H,27,29)(H,28,30)/b13-12+. The molecule has 2 rings (SSSR count). The number of carbonyl (C=O) groups is 3. The number of hydrogen-bond acceptors (Lipinski definition) is 5. The van der Waals surface area contributed by atoms with E-state index in [0.717, 1.165) is 11.1 Å². The molecule has 2 aromatic carbocycles. The Morgan fingerprint density at radius 3 is 2.48 bits per heavy atom. The molecule has 33 heavy (non-hydrogen) atoms. The van der Waals surface area contributed by atoms with E-state index >= 15 is 0 Å². The van der Waals surface area contributed by atoms with E-state index < -0.39 is 11.7 Å². The normalized spacial score (nSPS) is 11.0. The molecule has 0 heterocycles. The Balaban J connectivity index is 1.79. The number of ether oxygens (including phenoxy) is 2. The summed E-state index contributed by atoms with van der Waals surface area (Å²) in [4.78, 5) is 35.9. The number of carbonyl (C=O) groups excluding carboxylic acids is 3. The molecule has 8 heteroatoms. The summed E-state index contributed by atoms with van der Waals surface area (Å²) < 4.78 is 10.4. The van der Waals surface area contributed by atoms with Gasteiger partial charge in [-0.15, -0.1) is 0 Å². The van der Waals surface area contributed by atoms with Crippen molar-refractivity contribution in [2.45, 2.75) is 39.3 Å². The summed E-state index contributed by atoms with van der Waals surface area (Å²) >= 11 is 0. The highest BCUT2D eigenvalue weighted by atomic mass is 16.6. The van der Waals surface area contributed by atoms with Gasteiger partial charge in [0.1, 0.15) is 11.4 Å². The fourth-order valence-corrected chi connectivity index (χ4v) is 2.79. The van der Waals surface area contributed by atoms with Crippen molar-refractivity contribution in [2.24, 2.45) is 0 Å². The predicted octanol–water partition coefficient (Wildman–Crippen LogP) is 3.88.